The minimum Gasteiger partial charge on any atom is -0.480 e. The van der Waals surface area contributed by atoms with Crippen molar-refractivity contribution in [1.82, 2.24) is 0 Å². The molecule has 1 atom stereocenters. The maximum absolute atomic E-state index is 11.1. The van der Waals surface area contributed by atoms with E-state index in [9.17, 15) is 4.79 Å². The van der Waals surface area contributed by atoms with E-state index in [1.165, 1.54) is 6.08 Å². The molecule has 1 aliphatic rings. The van der Waals surface area contributed by atoms with Gasteiger partial charge in [-0.05, 0) is 17.2 Å². The first kappa shape index (κ1) is 9.37. The second-order valence-corrected chi connectivity index (χ2v) is 3.26. The van der Waals surface area contributed by atoms with Crippen LogP contribution in [-0.2, 0) is 4.79 Å². The number of carbonyl (C=O) groups is 1. The number of carboxylic acids is 1. The van der Waals surface area contributed by atoms with Crippen molar-refractivity contribution in [3.8, 4) is 0 Å². The van der Waals surface area contributed by atoms with Gasteiger partial charge in [-0.15, -0.1) is 0 Å². The molecule has 15 heavy (non-hydrogen) atoms. The van der Waals surface area contributed by atoms with E-state index in [0.29, 0.717) is 5.56 Å². The number of hydrogen-bond acceptors (Lipinski definition) is 1. The predicted molar refractivity (Wildman–Crippen MR) is 54.5 cm³/mol. The molecular weight excluding hydrogens is 192 g/mol. The highest BCUT2D eigenvalue weighted by molar-refractivity contribution is 6.13. The average molecular weight is 200 g/mol. The maximum Gasteiger partial charge on any atom is 0.323 e. The van der Waals surface area contributed by atoms with E-state index in [4.69, 9.17) is 10.6 Å². The molecule has 0 saturated carbocycles. The lowest BCUT2D eigenvalue weighted by Crippen LogP contribution is -2.23. The summed E-state index contributed by atoms with van der Waals surface area (Å²) in [6.45, 7) is 0. The summed E-state index contributed by atoms with van der Waals surface area (Å²) in [4.78, 5) is 14.1. The zero-order valence-corrected chi connectivity index (χ0v) is 7.79. The number of fused-ring (bicyclic) bond motifs is 1. The Morgan fingerprint density at radius 2 is 2.07 bits per heavy atom. The lowest BCUT2D eigenvalue weighted by molar-refractivity contribution is -0.137. The van der Waals surface area contributed by atoms with Crippen LogP contribution in [0.15, 0.2) is 30.3 Å². The van der Waals surface area contributed by atoms with Crippen molar-refractivity contribution in [2.24, 2.45) is 0 Å². The second-order valence-electron chi connectivity index (χ2n) is 3.26. The van der Waals surface area contributed by atoms with Gasteiger partial charge in [0, 0.05) is 6.08 Å². The van der Waals surface area contributed by atoms with Crippen LogP contribution in [0, 0.1) is 0 Å². The zero-order chi connectivity index (χ0) is 10.8. The van der Waals surface area contributed by atoms with Crippen LogP contribution in [0.3, 0.4) is 0 Å². The Balaban J connectivity index is 2.65. The van der Waals surface area contributed by atoms with Gasteiger partial charge < -0.3 is 10.6 Å². The number of rotatable bonds is 1. The van der Waals surface area contributed by atoms with Crippen molar-refractivity contribution in [1.29, 1.82) is 0 Å². The molecule has 1 aromatic rings. The fraction of sp³-hybridized carbons (Fsp3) is 0.0909. The van der Waals surface area contributed by atoms with E-state index in [-0.39, 0.29) is 5.71 Å². The third kappa shape index (κ3) is 1.47. The topological polar surface area (TPSA) is 73.7 Å². The molecule has 0 aliphatic heterocycles. The molecule has 0 bridgehead atoms. The lowest BCUT2D eigenvalue weighted by atomic mass is 9.86. The zero-order valence-electron chi connectivity index (χ0n) is 7.79. The van der Waals surface area contributed by atoms with Crippen molar-refractivity contribution in [3.05, 3.63) is 47.0 Å². The largest absolute Gasteiger partial charge is 0.480 e. The van der Waals surface area contributed by atoms with Gasteiger partial charge in [0.25, 0.3) is 0 Å². The Labute approximate surface area is 86.1 Å². The smallest absolute Gasteiger partial charge is 0.323 e. The molecule has 4 heteroatoms. The fourth-order valence-electron chi connectivity index (χ4n) is 1.71. The summed E-state index contributed by atoms with van der Waals surface area (Å²) < 4.78 is 0. The highest BCUT2D eigenvalue weighted by Crippen LogP contribution is 2.27. The van der Waals surface area contributed by atoms with Crippen LogP contribution in [-0.4, -0.2) is 21.6 Å². The molecule has 0 aromatic heterocycles. The Bertz CT molecular complexity index is 499. The van der Waals surface area contributed by atoms with E-state index in [1.807, 2.05) is 12.1 Å². The third-order valence-corrected chi connectivity index (χ3v) is 2.40. The van der Waals surface area contributed by atoms with Crippen LogP contribution in [0.1, 0.15) is 17.0 Å². The van der Waals surface area contributed by atoms with Crippen LogP contribution in [0.25, 0.3) is 11.6 Å². The van der Waals surface area contributed by atoms with Crippen LogP contribution in [0.4, 0.5) is 0 Å². The fourth-order valence-corrected chi connectivity index (χ4v) is 1.71. The minimum atomic E-state index is -1.01. The van der Waals surface area contributed by atoms with E-state index in [1.54, 1.807) is 18.2 Å². The van der Waals surface area contributed by atoms with Crippen LogP contribution in [0.2, 0.25) is 0 Å². The normalized spacial score (nSPS) is 18.1. The molecule has 0 radical (unpaired) electrons. The molecule has 0 heterocycles. The first-order valence-corrected chi connectivity index (χ1v) is 4.46. The second kappa shape index (κ2) is 3.52. The summed E-state index contributed by atoms with van der Waals surface area (Å²) in [6, 6.07) is 7.16. The van der Waals surface area contributed by atoms with Gasteiger partial charge in [0.1, 0.15) is 0 Å². The Morgan fingerprint density at radius 3 is 2.73 bits per heavy atom. The van der Waals surface area contributed by atoms with Crippen molar-refractivity contribution in [2.45, 2.75) is 5.92 Å². The molecule has 2 rings (SSSR count). The average Bonchev–Trinajstić information content (AvgIpc) is 2.27. The Hall–Kier alpha value is -2.19. The molecule has 0 spiro atoms. The molecule has 4 nitrogen and oxygen atoms in total. The van der Waals surface area contributed by atoms with Gasteiger partial charge in [-0.1, -0.05) is 24.3 Å². The summed E-state index contributed by atoms with van der Waals surface area (Å²) in [6.07, 6.45) is 3.25. The molecule has 1 aliphatic carbocycles. The summed E-state index contributed by atoms with van der Waals surface area (Å²) in [5.41, 5.74) is 10.4. The summed E-state index contributed by atoms with van der Waals surface area (Å²) in [7, 11) is 0. The number of benzene rings is 1. The summed E-state index contributed by atoms with van der Waals surface area (Å²) >= 11 is 0. The van der Waals surface area contributed by atoms with Gasteiger partial charge in [0.05, 0.1) is 0 Å². The van der Waals surface area contributed by atoms with E-state index in [2.05, 4.69) is 4.79 Å². The molecule has 1 aromatic carbocycles. The first-order chi connectivity index (χ1) is 7.24. The van der Waals surface area contributed by atoms with Crippen LogP contribution >= 0.6 is 0 Å². The number of hydrogen-bond donors (Lipinski definition) is 1. The van der Waals surface area contributed by atoms with Gasteiger partial charge in [0.15, 0.2) is 5.92 Å². The monoisotopic (exact) mass is 200 g/mol. The van der Waals surface area contributed by atoms with Crippen molar-refractivity contribution in [3.63, 3.8) is 0 Å². The molecule has 0 saturated heterocycles. The van der Waals surface area contributed by atoms with Crippen molar-refractivity contribution in [2.75, 3.05) is 0 Å². The molecule has 0 fully saturated rings. The number of allylic oxidation sites excluding steroid dienone is 1. The highest BCUT2D eigenvalue weighted by atomic mass is 16.4. The number of aliphatic carboxylic acids is 1. The van der Waals surface area contributed by atoms with Crippen LogP contribution < -0.4 is 0 Å². The molecule has 1 unspecified atom stereocenters. The summed E-state index contributed by atoms with van der Waals surface area (Å²) in [5, 5.41) is 9.06. The SMILES string of the molecule is [N-]=[N+]=C1C=Cc2ccccc2C1C(=O)O. The van der Waals surface area contributed by atoms with E-state index in [0.717, 1.165) is 5.56 Å². The molecule has 74 valence electrons. The number of carboxylic acid groups (broad SMARTS) is 1. The number of nitrogens with zero attached hydrogens (tertiary/aromatic N) is 2. The van der Waals surface area contributed by atoms with Crippen molar-refractivity contribution < 1.29 is 14.7 Å². The van der Waals surface area contributed by atoms with E-state index < -0.39 is 11.9 Å². The quantitative estimate of drug-likeness (QED) is 0.551. The van der Waals surface area contributed by atoms with Crippen molar-refractivity contribution >= 4 is 17.8 Å². The lowest BCUT2D eigenvalue weighted by Gasteiger charge is -2.13. The molecule has 0 amide bonds. The van der Waals surface area contributed by atoms with Gasteiger partial charge in [-0.25, -0.2) is 0 Å². The highest BCUT2D eigenvalue weighted by Gasteiger charge is 2.34. The van der Waals surface area contributed by atoms with Gasteiger partial charge in [-0.2, -0.15) is 4.79 Å². The van der Waals surface area contributed by atoms with Crippen LogP contribution in [0.5, 0.6) is 0 Å². The van der Waals surface area contributed by atoms with Gasteiger partial charge in [-0.3, -0.25) is 4.79 Å². The molecular formula is C11H8N2O2. The Morgan fingerprint density at radius 1 is 1.33 bits per heavy atom. The minimum absolute atomic E-state index is 0.154. The standard InChI is InChI=1S/C11H8N2O2/c12-13-9-6-5-7-3-1-2-4-8(7)10(9)11(14)15/h1-6,10H,(H,14,15). The Kier molecular flexibility index (Phi) is 2.20. The van der Waals surface area contributed by atoms with Gasteiger partial charge >= 0.3 is 11.7 Å². The van der Waals surface area contributed by atoms with Gasteiger partial charge in [0.2, 0.25) is 0 Å². The maximum atomic E-state index is 11.1. The first-order valence-electron chi connectivity index (χ1n) is 4.46. The van der Waals surface area contributed by atoms with E-state index >= 15 is 0 Å². The summed E-state index contributed by atoms with van der Waals surface area (Å²) in [5.74, 6) is -1.89. The predicted octanol–water partition coefficient (Wildman–Crippen LogP) is 1.55. The molecule has 1 N–H and O–H groups in total. The third-order valence-electron chi connectivity index (χ3n) is 2.40.